The third-order valence-electron chi connectivity index (χ3n) is 4.94. The summed E-state index contributed by atoms with van der Waals surface area (Å²) >= 11 is 0. The van der Waals surface area contributed by atoms with Gasteiger partial charge in [0.05, 0.1) is 18.7 Å². The van der Waals surface area contributed by atoms with Crippen molar-refractivity contribution in [2.45, 2.75) is 32.2 Å². The van der Waals surface area contributed by atoms with Crippen molar-refractivity contribution >= 4 is 18.0 Å². The van der Waals surface area contributed by atoms with E-state index < -0.39 is 6.04 Å². The van der Waals surface area contributed by atoms with E-state index in [0.29, 0.717) is 11.5 Å². The Morgan fingerprint density at radius 2 is 1.45 bits per heavy atom. The molecule has 0 unspecified atom stereocenters. The van der Waals surface area contributed by atoms with E-state index in [1.165, 1.54) is 5.56 Å². The molecule has 0 aliphatic heterocycles. The normalized spacial score (nSPS) is 12.0. The van der Waals surface area contributed by atoms with Crippen LogP contribution in [0.4, 0.5) is 0 Å². The molecule has 5 heteroatoms. The monoisotopic (exact) mass is 413 g/mol. The van der Waals surface area contributed by atoms with Gasteiger partial charge in [0.15, 0.2) is 0 Å². The van der Waals surface area contributed by atoms with Gasteiger partial charge in [-0.1, -0.05) is 86.6 Å². The first-order valence-corrected chi connectivity index (χ1v) is 10.4. The van der Waals surface area contributed by atoms with Crippen molar-refractivity contribution in [1.29, 1.82) is 0 Å². The standard InChI is InChI=1S/C26H27N3O2/c1-19(2)21-15-13-20(14-16-21)18-27-29-25(30)17-24(22-9-5-3-6-10-22)28-26(31)23-11-7-4-8-12-23/h3-16,18-19,24H,17H2,1-2H3,(H,28,31)(H,29,30)/b27-18-/t24-/m0/s1. The molecule has 0 saturated heterocycles. The number of hydrogen-bond donors (Lipinski definition) is 2. The van der Waals surface area contributed by atoms with E-state index >= 15 is 0 Å². The number of nitrogens with zero attached hydrogens (tertiary/aromatic N) is 1. The summed E-state index contributed by atoms with van der Waals surface area (Å²) < 4.78 is 0. The largest absolute Gasteiger partial charge is 0.345 e. The van der Waals surface area contributed by atoms with Gasteiger partial charge in [0, 0.05) is 5.56 Å². The SMILES string of the molecule is CC(C)c1ccc(/C=N\NC(=O)C[C@H](NC(=O)c2ccccc2)c2ccccc2)cc1. The molecule has 2 amide bonds. The molecule has 3 aromatic carbocycles. The number of carbonyl (C=O) groups excluding carboxylic acids is 2. The summed E-state index contributed by atoms with van der Waals surface area (Å²) in [6.07, 6.45) is 1.69. The first-order chi connectivity index (χ1) is 15.0. The number of nitrogens with one attached hydrogen (secondary N) is 2. The van der Waals surface area contributed by atoms with Crippen LogP contribution in [0.3, 0.4) is 0 Å². The average molecular weight is 414 g/mol. The molecule has 3 rings (SSSR count). The van der Waals surface area contributed by atoms with E-state index in [2.05, 4.69) is 41.8 Å². The number of amides is 2. The summed E-state index contributed by atoms with van der Waals surface area (Å²) in [4.78, 5) is 25.1. The van der Waals surface area contributed by atoms with Crippen LogP contribution in [0.15, 0.2) is 90.0 Å². The summed E-state index contributed by atoms with van der Waals surface area (Å²) in [5, 5.41) is 7.02. The van der Waals surface area contributed by atoms with Crippen molar-refractivity contribution in [3.8, 4) is 0 Å². The highest BCUT2D eigenvalue weighted by Gasteiger charge is 2.19. The number of hydrazone groups is 1. The van der Waals surface area contributed by atoms with Crippen LogP contribution < -0.4 is 10.7 Å². The van der Waals surface area contributed by atoms with Gasteiger partial charge in [0.1, 0.15) is 0 Å². The van der Waals surface area contributed by atoms with Gasteiger partial charge < -0.3 is 5.32 Å². The van der Waals surface area contributed by atoms with Gasteiger partial charge in [0.2, 0.25) is 5.91 Å². The zero-order valence-corrected chi connectivity index (χ0v) is 17.8. The zero-order chi connectivity index (χ0) is 22.1. The van der Waals surface area contributed by atoms with Crippen molar-refractivity contribution in [2.75, 3.05) is 0 Å². The molecule has 0 fully saturated rings. The van der Waals surface area contributed by atoms with Gasteiger partial charge >= 0.3 is 0 Å². The Bertz CT molecular complexity index is 1010. The van der Waals surface area contributed by atoms with Crippen LogP contribution in [-0.4, -0.2) is 18.0 Å². The van der Waals surface area contributed by atoms with E-state index in [1.807, 2.05) is 60.7 Å². The van der Waals surface area contributed by atoms with Crippen molar-refractivity contribution in [3.63, 3.8) is 0 Å². The van der Waals surface area contributed by atoms with E-state index in [1.54, 1.807) is 18.3 Å². The molecular formula is C26H27N3O2. The van der Waals surface area contributed by atoms with E-state index in [4.69, 9.17) is 0 Å². The zero-order valence-electron chi connectivity index (χ0n) is 17.8. The maximum absolute atomic E-state index is 12.6. The van der Waals surface area contributed by atoms with Crippen molar-refractivity contribution in [3.05, 3.63) is 107 Å². The minimum absolute atomic E-state index is 0.0756. The lowest BCUT2D eigenvalue weighted by molar-refractivity contribution is -0.121. The first kappa shape index (κ1) is 22.0. The molecule has 0 saturated carbocycles. The number of carbonyl (C=O) groups is 2. The van der Waals surface area contributed by atoms with Crippen LogP contribution in [0.1, 0.15) is 59.3 Å². The summed E-state index contributed by atoms with van der Waals surface area (Å²) in [6.45, 7) is 4.28. The molecule has 2 N–H and O–H groups in total. The Morgan fingerprint density at radius 1 is 0.839 bits per heavy atom. The Balaban J connectivity index is 1.63. The molecule has 3 aromatic rings. The molecule has 158 valence electrons. The predicted octanol–water partition coefficient (Wildman–Crippen LogP) is 4.82. The van der Waals surface area contributed by atoms with Crippen LogP contribution in [0, 0.1) is 0 Å². The molecule has 0 aliphatic rings. The number of hydrogen-bond acceptors (Lipinski definition) is 3. The maximum Gasteiger partial charge on any atom is 0.251 e. The summed E-state index contributed by atoms with van der Waals surface area (Å²) in [5.41, 5.74) is 6.12. The molecule has 0 radical (unpaired) electrons. The lowest BCUT2D eigenvalue weighted by Gasteiger charge is -2.18. The third-order valence-corrected chi connectivity index (χ3v) is 4.94. The highest BCUT2D eigenvalue weighted by atomic mass is 16.2. The summed E-state index contributed by atoms with van der Waals surface area (Å²) in [6, 6.07) is 26.0. The van der Waals surface area contributed by atoms with Crippen LogP contribution in [0.2, 0.25) is 0 Å². The van der Waals surface area contributed by atoms with Crippen molar-refractivity contribution in [1.82, 2.24) is 10.7 Å². The van der Waals surface area contributed by atoms with Gasteiger partial charge in [-0.15, -0.1) is 0 Å². The molecule has 0 aromatic heterocycles. The van der Waals surface area contributed by atoms with Crippen molar-refractivity contribution in [2.24, 2.45) is 5.10 Å². The summed E-state index contributed by atoms with van der Waals surface area (Å²) in [7, 11) is 0. The molecule has 0 heterocycles. The second kappa shape index (κ2) is 10.9. The van der Waals surface area contributed by atoms with Gasteiger partial charge in [-0.25, -0.2) is 5.43 Å². The predicted molar refractivity (Wildman–Crippen MR) is 124 cm³/mol. The van der Waals surface area contributed by atoms with Crippen LogP contribution >= 0.6 is 0 Å². The van der Waals surface area contributed by atoms with Crippen LogP contribution in [0.5, 0.6) is 0 Å². The lowest BCUT2D eigenvalue weighted by Crippen LogP contribution is -2.32. The van der Waals surface area contributed by atoms with Crippen LogP contribution in [0.25, 0.3) is 0 Å². The Morgan fingerprint density at radius 3 is 2.06 bits per heavy atom. The maximum atomic E-state index is 12.6. The minimum atomic E-state index is -0.463. The average Bonchev–Trinajstić information content (AvgIpc) is 2.80. The van der Waals surface area contributed by atoms with Crippen LogP contribution in [-0.2, 0) is 4.79 Å². The molecule has 1 atom stereocenters. The quantitative estimate of drug-likeness (QED) is 0.410. The molecular weight excluding hydrogens is 386 g/mol. The Kier molecular flexibility index (Phi) is 7.71. The molecule has 0 bridgehead atoms. The summed E-state index contributed by atoms with van der Waals surface area (Å²) in [5.74, 6) is -0.0417. The third kappa shape index (κ3) is 6.64. The fraction of sp³-hybridized carbons (Fsp3) is 0.192. The van der Waals surface area contributed by atoms with Gasteiger partial charge in [-0.05, 0) is 34.7 Å². The first-order valence-electron chi connectivity index (χ1n) is 10.4. The molecule has 0 spiro atoms. The number of benzene rings is 3. The van der Waals surface area contributed by atoms with E-state index in [9.17, 15) is 9.59 Å². The second-order valence-electron chi connectivity index (χ2n) is 7.62. The van der Waals surface area contributed by atoms with E-state index in [0.717, 1.165) is 11.1 Å². The molecule has 31 heavy (non-hydrogen) atoms. The minimum Gasteiger partial charge on any atom is -0.345 e. The van der Waals surface area contributed by atoms with Gasteiger partial charge in [-0.2, -0.15) is 5.10 Å². The Labute approximate surface area is 183 Å². The fourth-order valence-electron chi connectivity index (χ4n) is 3.15. The second-order valence-corrected chi connectivity index (χ2v) is 7.62. The van der Waals surface area contributed by atoms with Crippen molar-refractivity contribution < 1.29 is 9.59 Å². The topological polar surface area (TPSA) is 70.6 Å². The van der Waals surface area contributed by atoms with E-state index in [-0.39, 0.29) is 18.2 Å². The van der Waals surface area contributed by atoms with Gasteiger partial charge in [0.25, 0.3) is 5.91 Å². The number of rotatable bonds is 8. The van der Waals surface area contributed by atoms with Gasteiger partial charge in [-0.3, -0.25) is 9.59 Å². The highest BCUT2D eigenvalue weighted by molar-refractivity contribution is 5.94. The molecule has 5 nitrogen and oxygen atoms in total. The molecule has 0 aliphatic carbocycles. The fourth-order valence-corrected chi connectivity index (χ4v) is 3.15. The highest BCUT2D eigenvalue weighted by Crippen LogP contribution is 2.18. The Hall–Kier alpha value is -3.73. The lowest BCUT2D eigenvalue weighted by atomic mass is 10.0. The smallest absolute Gasteiger partial charge is 0.251 e.